The van der Waals surface area contributed by atoms with Gasteiger partial charge in [0, 0.05) is 13.1 Å². The number of H-pyrrole nitrogens is 1. The van der Waals surface area contributed by atoms with Crippen LogP contribution in [0.4, 0.5) is 9.59 Å². The molecule has 6 rings (SSSR count). The zero-order valence-corrected chi connectivity index (χ0v) is 33.2. The standard InChI is InChI=1S/C42H55N7O7/c1-24(2)35(46-41(53)55-5)39(51)48-20-8-12-33(48)37-43-23-32(44-37)27-16-14-26(15-17-27)28-18-19-30-29(22-28)10-7-11-31(30)45-38(50)34-13-9-21-49(34)40(52)36(25(3)4)47-42(54)56-6/h14-19,22-25,31,33-36H,7-13,20-21H2,1-6H3,(H,43,44)(H,45,50)(H,46,53)(H,47,54)/t31-,33-,34-,35?,36-/m0/s1. The molecule has 2 aliphatic heterocycles. The van der Waals surface area contributed by atoms with Gasteiger partial charge in [0.05, 0.1) is 38.2 Å². The zero-order chi connectivity index (χ0) is 40.1. The van der Waals surface area contributed by atoms with E-state index in [2.05, 4.69) is 68.4 Å². The first kappa shape index (κ1) is 40.3. The number of aryl methyl sites for hydroxylation is 1. The number of rotatable bonds is 11. The number of aromatic amines is 1. The largest absolute Gasteiger partial charge is 0.453 e. The summed E-state index contributed by atoms with van der Waals surface area (Å²) in [6.45, 7) is 8.56. The van der Waals surface area contributed by atoms with E-state index in [0.717, 1.165) is 65.9 Å². The number of ether oxygens (including phenoxy) is 2. The number of carbonyl (C=O) groups excluding carboxylic acids is 5. The number of alkyl carbamates (subject to hydrolysis) is 2. The third-order valence-electron chi connectivity index (χ3n) is 11.4. The van der Waals surface area contributed by atoms with Crippen LogP contribution in [0.15, 0.2) is 48.7 Å². The molecule has 2 fully saturated rings. The van der Waals surface area contributed by atoms with Crippen molar-refractivity contribution in [3.8, 4) is 22.4 Å². The van der Waals surface area contributed by atoms with Gasteiger partial charge in [-0.1, -0.05) is 70.2 Å². The van der Waals surface area contributed by atoms with Gasteiger partial charge in [-0.15, -0.1) is 0 Å². The van der Waals surface area contributed by atoms with Crippen molar-refractivity contribution in [3.05, 3.63) is 65.6 Å². The van der Waals surface area contributed by atoms with E-state index in [1.165, 1.54) is 19.8 Å². The monoisotopic (exact) mass is 769 g/mol. The lowest BCUT2D eigenvalue weighted by Crippen LogP contribution is -2.55. The second-order valence-corrected chi connectivity index (χ2v) is 15.7. The predicted octanol–water partition coefficient (Wildman–Crippen LogP) is 5.65. The van der Waals surface area contributed by atoms with Crippen LogP contribution in [0, 0.1) is 11.8 Å². The van der Waals surface area contributed by atoms with E-state index < -0.39 is 30.3 Å². The highest BCUT2D eigenvalue weighted by Gasteiger charge is 2.40. The highest BCUT2D eigenvalue weighted by Crippen LogP contribution is 2.36. The van der Waals surface area contributed by atoms with E-state index in [1.807, 2.05) is 27.7 Å². The minimum absolute atomic E-state index is 0.111. The molecule has 14 heteroatoms. The maximum absolute atomic E-state index is 13.7. The number of imidazole rings is 1. The van der Waals surface area contributed by atoms with Gasteiger partial charge in [0.15, 0.2) is 0 Å². The molecule has 3 aromatic rings. The fourth-order valence-corrected chi connectivity index (χ4v) is 8.28. The summed E-state index contributed by atoms with van der Waals surface area (Å²) >= 11 is 0. The zero-order valence-electron chi connectivity index (χ0n) is 33.2. The maximum Gasteiger partial charge on any atom is 0.407 e. The Hall–Kier alpha value is -5.40. The molecule has 0 bridgehead atoms. The molecule has 0 radical (unpaired) electrons. The summed E-state index contributed by atoms with van der Waals surface area (Å²) in [5.74, 6) is -0.149. The van der Waals surface area contributed by atoms with Gasteiger partial charge in [-0.05, 0) is 84.6 Å². The number of nitrogens with zero attached hydrogens (tertiary/aromatic N) is 3. The first-order valence-corrected chi connectivity index (χ1v) is 19.8. The Labute approximate surface area is 328 Å². The van der Waals surface area contributed by atoms with E-state index in [-0.39, 0.29) is 41.6 Å². The maximum atomic E-state index is 13.7. The number of benzene rings is 2. The number of methoxy groups -OCH3 is 2. The Bertz CT molecular complexity index is 1910. The van der Waals surface area contributed by atoms with Gasteiger partial charge in [-0.3, -0.25) is 14.4 Å². The lowest BCUT2D eigenvalue weighted by Gasteiger charge is -2.32. The average Bonchev–Trinajstić information content (AvgIpc) is 4.00. The van der Waals surface area contributed by atoms with Gasteiger partial charge in [-0.2, -0.15) is 0 Å². The molecule has 5 atom stereocenters. The van der Waals surface area contributed by atoms with Crippen LogP contribution in [0.5, 0.6) is 0 Å². The fourth-order valence-electron chi connectivity index (χ4n) is 8.28. The molecule has 2 aromatic carbocycles. The molecule has 2 saturated heterocycles. The quantitative estimate of drug-likeness (QED) is 0.194. The van der Waals surface area contributed by atoms with Gasteiger partial charge in [0.2, 0.25) is 17.7 Å². The van der Waals surface area contributed by atoms with Crippen LogP contribution < -0.4 is 16.0 Å². The summed E-state index contributed by atoms with van der Waals surface area (Å²) in [7, 11) is 2.55. The number of nitrogens with one attached hydrogen (secondary N) is 4. The van der Waals surface area contributed by atoms with Crippen molar-refractivity contribution in [1.29, 1.82) is 0 Å². The Balaban J connectivity index is 1.11. The summed E-state index contributed by atoms with van der Waals surface area (Å²) in [4.78, 5) is 76.2. The third-order valence-corrected chi connectivity index (χ3v) is 11.4. The predicted molar refractivity (Wildman–Crippen MR) is 210 cm³/mol. The number of amides is 5. The second-order valence-electron chi connectivity index (χ2n) is 15.7. The van der Waals surface area contributed by atoms with E-state index in [9.17, 15) is 24.0 Å². The fraction of sp³-hybridized carbons (Fsp3) is 0.524. The summed E-state index contributed by atoms with van der Waals surface area (Å²) in [5.41, 5.74) is 6.26. The van der Waals surface area contributed by atoms with Crippen LogP contribution in [0.3, 0.4) is 0 Å². The summed E-state index contributed by atoms with van der Waals surface area (Å²) < 4.78 is 9.49. The number of carbonyl (C=O) groups is 5. The number of aromatic nitrogens is 2. The highest BCUT2D eigenvalue weighted by molar-refractivity contribution is 5.92. The van der Waals surface area contributed by atoms with Gasteiger partial charge in [-0.25, -0.2) is 14.6 Å². The molecular formula is C42H55N7O7. The van der Waals surface area contributed by atoms with Crippen LogP contribution in [0.2, 0.25) is 0 Å². The van der Waals surface area contributed by atoms with E-state index in [4.69, 9.17) is 9.47 Å². The van der Waals surface area contributed by atoms with Gasteiger partial charge in [0.25, 0.3) is 0 Å². The molecule has 56 heavy (non-hydrogen) atoms. The van der Waals surface area contributed by atoms with Crippen LogP contribution >= 0.6 is 0 Å². The molecule has 3 heterocycles. The van der Waals surface area contributed by atoms with Crippen LogP contribution in [0.25, 0.3) is 22.4 Å². The van der Waals surface area contributed by atoms with Gasteiger partial charge >= 0.3 is 12.2 Å². The van der Waals surface area contributed by atoms with Crippen molar-refractivity contribution in [3.63, 3.8) is 0 Å². The molecule has 14 nitrogen and oxygen atoms in total. The minimum Gasteiger partial charge on any atom is -0.453 e. The van der Waals surface area contributed by atoms with E-state index >= 15 is 0 Å². The number of hydrogen-bond donors (Lipinski definition) is 4. The van der Waals surface area contributed by atoms with Crippen molar-refractivity contribution >= 4 is 29.9 Å². The summed E-state index contributed by atoms with van der Waals surface area (Å²) in [5, 5.41) is 8.59. The van der Waals surface area contributed by atoms with Gasteiger partial charge in [0.1, 0.15) is 23.9 Å². The van der Waals surface area contributed by atoms with Crippen LogP contribution in [-0.2, 0) is 30.3 Å². The molecule has 3 aliphatic rings. The van der Waals surface area contributed by atoms with E-state index in [0.29, 0.717) is 25.9 Å². The molecular weight excluding hydrogens is 715 g/mol. The average molecular weight is 770 g/mol. The number of hydrogen-bond acceptors (Lipinski definition) is 8. The topological polar surface area (TPSA) is 175 Å². The highest BCUT2D eigenvalue weighted by atomic mass is 16.5. The lowest BCUT2D eigenvalue weighted by atomic mass is 9.85. The van der Waals surface area contributed by atoms with Crippen molar-refractivity contribution in [2.45, 2.75) is 103 Å². The van der Waals surface area contributed by atoms with Crippen LogP contribution in [0.1, 0.15) is 95.3 Å². The Kier molecular flexibility index (Phi) is 12.7. The Morgan fingerprint density at radius 1 is 0.750 bits per heavy atom. The van der Waals surface area contributed by atoms with Gasteiger partial charge < -0.3 is 40.2 Å². The molecule has 300 valence electrons. The Morgan fingerprint density at radius 2 is 1.34 bits per heavy atom. The molecule has 1 aromatic heterocycles. The third kappa shape index (κ3) is 8.69. The normalized spacial score (nSPS) is 20.3. The summed E-state index contributed by atoms with van der Waals surface area (Å²) in [6, 6.07) is 12.3. The van der Waals surface area contributed by atoms with Crippen molar-refractivity contribution < 1.29 is 33.4 Å². The number of likely N-dealkylation sites (tertiary alicyclic amines) is 2. The molecule has 4 N–H and O–H groups in total. The van der Waals surface area contributed by atoms with Crippen LogP contribution in [-0.4, -0.2) is 95.1 Å². The molecule has 0 spiro atoms. The van der Waals surface area contributed by atoms with Crippen molar-refractivity contribution in [1.82, 2.24) is 35.7 Å². The Morgan fingerprint density at radius 3 is 1.98 bits per heavy atom. The number of fused-ring (bicyclic) bond motifs is 1. The summed E-state index contributed by atoms with van der Waals surface area (Å²) in [6.07, 6.45) is 6.05. The molecule has 5 amide bonds. The first-order valence-electron chi connectivity index (χ1n) is 19.8. The van der Waals surface area contributed by atoms with Crippen molar-refractivity contribution in [2.75, 3.05) is 27.3 Å². The smallest absolute Gasteiger partial charge is 0.407 e. The molecule has 1 unspecified atom stereocenters. The first-order chi connectivity index (χ1) is 26.9. The molecule has 0 saturated carbocycles. The van der Waals surface area contributed by atoms with Crippen molar-refractivity contribution in [2.24, 2.45) is 11.8 Å². The molecule has 1 aliphatic carbocycles. The van der Waals surface area contributed by atoms with E-state index in [1.54, 1.807) is 16.0 Å². The second kappa shape index (κ2) is 17.6. The SMILES string of the molecule is COC(=O)NC(C(=O)N1CCC[C@H]1c1ncc(-c2ccc(-c3ccc4c(c3)CCC[C@@H]4NC(=O)[C@@H]3CCCN3C(=O)[C@@H](NC(=O)OC)C(C)C)cc2)[nH]1)C(C)C. The lowest BCUT2D eigenvalue weighted by molar-refractivity contribution is -0.141. The minimum atomic E-state index is -0.780.